The summed E-state index contributed by atoms with van der Waals surface area (Å²) < 4.78 is 33.6. The summed E-state index contributed by atoms with van der Waals surface area (Å²) in [5.41, 5.74) is 0.608. The molecule has 0 aliphatic rings. The molecule has 0 radical (unpaired) electrons. The zero-order valence-corrected chi connectivity index (χ0v) is 16.7. The highest BCUT2D eigenvalue weighted by Gasteiger charge is 2.16. The molecular formula is C21H19NO6S. The standard InChI is InChI=1S/C21H19NO6S/c1-27-19-11-10-18(16-8-3-4-9-17(16)19)21(24)28-13-20(23)22-14-6-5-7-15(12-14)29(2,25)26/h3-12H,13H2,1-2H3,(H,22,23). The van der Waals surface area contributed by atoms with Gasteiger partial charge in [-0.1, -0.05) is 30.3 Å². The molecular weight excluding hydrogens is 394 g/mol. The van der Waals surface area contributed by atoms with Gasteiger partial charge < -0.3 is 14.8 Å². The van der Waals surface area contributed by atoms with E-state index in [1.54, 1.807) is 37.4 Å². The summed E-state index contributed by atoms with van der Waals surface area (Å²) >= 11 is 0. The van der Waals surface area contributed by atoms with Gasteiger partial charge in [-0.2, -0.15) is 0 Å². The molecule has 1 N–H and O–H groups in total. The fraction of sp³-hybridized carbons (Fsp3) is 0.143. The summed E-state index contributed by atoms with van der Waals surface area (Å²) in [5, 5.41) is 3.92. The average molecular weight is 413 g/mol. The highest BCUT2D eigenvalue weighted by molar-refractivity contribution is 7.90. The third-order valence-electron chi connectivity index (χ3n) is 4.20. The van der Waals surface area contributed by atoms with Crippen molar-refractivity contribution in [3.05, 3.63) is 66.2 Å². The summed E-state index contributed by atoms with van der Waals surface area (Å²) in [6.45, 7) is -0.512. The Morgan fingerprint density at radius 1 is 0.966 bits per heavy atom. The van der Waals surface area contributed by atoms with Crippen molar-refractivity contribution in [3.63, 3.8) is 0 Å². The van der Waals surface area contributed by atoms with Crippen LogP contribution >= 0.6 is 0 Å². The Morgan fingerprint density at radius 2 is 1.69 bits per heavy atom. The molecule has 3 aromatic carbocycles. The van der Waals surface area contributed by atoms with Gasteiger partial charge in [0.1, 0.15) is 5.75 Å². The van der Waals surface area contributed by atoms with E-state index in [1.807, 2.05) is 12.1 Å². The number of ether oxygens (including phenoxy) is 2. The van der Waals surface area contributed by atoms with Gasteiger partial charge in [0, 0.05) is 17.3 Å². The molecule has 1 amide bonds. The maximum absolute atomic E-state index is 12.5. The molecule has 0 bridgehead atoms. The van der Waals surface area contributed by atoms with Crippen LogP contribution in [0.3, 0.4) is 0 Å². The number of methoxy groups -OCH3 is 1. The first-order chi connectivity index (χ1) is 13.8. The van der Waals surface area contributed by atoms with Crippen molar-refractivity contribution in [3.8, 4) is 5.75 Å². The van der Waals surface area contributed by atoms with Crippen LogP contribution in [0.5, 0.6) is 5.75 Å². The number of anilines is 1. The second-order valence-corrected chi connectivity index (χ2v) is 8.30. The van der Waals surface area contributed by atoms with Gasteiger partial charge in [0.25, 0.3) is 5.91 Å². The Kier molecular flexibility index (Phi) is 5.84. The first-order valence-corrected chi connectivity index (χ1v) is 10.5. The molecule has 0 fully saturated rings. The molecule has 0 unspecified atom stereocenters. The Labute approximate surface area is 168 Å². The molecule has 8 heteroatoms. The quantitative estimate of drug-likeness (QED) is 0.624. The number of amides is 1. The van der Waals surface area contributed by atoms with Crippen LogP contribution < -0.4 is 10.1 Å². The number of hydrogen-bond donors (Lipinski definition) is 1. The van der Waals surface area contributed by atoms with Crippen LogP contribution in [0.2, 0.25) is 0 Å². The molecule has 3 aromatic rings. The lowest BCUT2D eigenvalue weighted by atomic mass is 10.0. The maximum Gasteiger partial charge on any atom is 0.339 e. The van der Waals surface area contributed by atoms with Crippen molar-refractivity contribution in [2.24, 2.45) is 0 Å². The van der Waals surface area contributed by atoms with Gasteiger partial charge in [-0.05, 0) is 35.7 Å². The number of carbonyl (C=O) groups excluding carboxylic acids is 2. The van der Waals surface area contributed by atoms with E-state index in [4.69, 9.17) is 9.47 Å². The number of nitrogens with one attached hydrogen (secondary N) is 1. The molecule has 7 nitrogen and oxygen atoms in total. The van der Waals surface area contributed by atoms with Crippen LogP contribution in [0.15, 0.2) is 65.6 Å². The second kappa shape index (κ2) is 8.32. The SMILES string of the molecule is COc1ccc(C(=O)OCC(=O)Nc2cccc(S(C)(=O)=O)c2)c2ccccc12. The predicted octanol–water partition coefficient (Wildman–Crippen LogP) is 3.05. The third kappa shape index (κ3) is 4.72. The van der Waals surface area contributed by atoms with Crippen LogP contribution in [-0.2, 0) is 19.4 Å². The smallest absolute Gasteiger partial charge is 0.339 e. The number of fused-ring (bicyclic) bond motifs is 1. The maximum atomic E-state index is 12.5. The van der Waals surface area contributed by atoms with Gasteiger partial charge in [-0.25, -0.2) is 13.2 Å². The van der Waals surface area contributed by atoms with Crippen molar-refractivity contribution < 1.29 is 27.5 Å². The minimum absolute atomic E-state index is 0.0806. The van der Waals surface area contributed by atoms with Gasteiger partial charge in [-0.15, -0.1) is 0 Å². The molecule has 0 saturated carbocycles. The van der Waals surface area contributed by atoms with E-state index in [2.05, 4.69) is 5.32 Å². The lowest BCUT2D eigenvalue weighted by molar-refractivity contribution is -0.119. The van der Waals surface area contributed by atoms with E-state index in [-0.39, 0.29) is 4.90 Å². The van der Waals surface area contributed by atoms with Crippen molar-refractivity contribution in [1.29, 1.82) is 0 Å². The third-order valence-corrected chi connectivity index (χ3v) is 5.31. The van der Waals surface area contributed by atoms with E-state index in [0.29, 0.717) is 22.4 Å². The van der Waals surface area contributed by atoms with E-state index >= 15 is 0 Å². The molecule has 0 saturated heterocycles. The number of rotatable bonds is 6. The monoisotopic (exact) mass is 413 g/mol. The number of esters is 1. The van der Waals surface area contributed by atoms with Crippen molar-refractivity contribution in [2.45, 2.75) is 4.90 Å². The normalized spacial score (nSPS) is 11.1. The fourth-order valence-electron chi connectivity index (χ4n) is 2.84. The minimum atomic E-state index is -3.40. The largest absolute Gasteiger partial charge is 0.496 e. The summed E-state index contributed by atoms with van der Waals surface area (Å²) in [4.78, 5) is 24.7. The summed E-state index contributed by atoms with van der Waals surface area (Å²) in [6.07, 6.45) is 1.08. The lowest BCUT2D eigenvalue weighted by Crippen LogP contribution is -2.21. The number of carbonyl (C=O) groups is 2. The van der Waals surface area contributed by atoms with E-state index in [1.165, 1.54) is 18.2 Å². The summed E-state index contributed by atoms with van der Waals surface area (Å²) in [6, 6.07) is 16.3. The molecule has 150 valence electrons. The van der Waals surface area contributed by atoms with E-state index < -0.39 is 28.3 Å². The second-order valence-electron chi connectivity index (χ2n) is 6.29. The Morgan fingerprint density at radius 3 is 2.38 bits per heavy atom. The van der Waals surface area contributed by atoms with Crippen LogP contribution in [0, 0.1) is 0 Å². The van der Waals surface area contributed by atoms with E-state index in [9.17, 15) is 18.0 Å². The van der Waals surface area contributed by atoms with Gasteiger partial charge in [0.05, 0.1) is 17.6 Å². The number of sulfone groups is 1. The topological polar surface area (TPSA) is 98.8 Å². The van der Waals surface area contributed by atoms with Gasteiger partial charge in [0.2, 0.25) is 0 Å². The Bertz CT molecular complexity index is 1190. The molecule has 0 atom stereocenters. The van der Waals surface area contributed by atoms with Crippen molar-refractivity contribution >= 4 is 38.2 Å². The zero-order valence-electron chi connectivity index (χ0n) is 15.8. The highest BCUT2D eigenvalue weighted by atomic mass is 32.2. The minimum Gasteiger partial charge on any atom is -0.496 e. The molecule has 0 aliphatic heterocycles. The lowest BCUT2D eigenvalue weighted by Gasteiger charge is -2.11. The summed E-state index contributed by atoms with van der Waals surface area (Å²) in [7, 11) is -1.85. The van der Waals surface area contributed by atoms with Gasteiger partial charge in [0.15, 0.2) is 16.4 Å². The Balaban J connectivity index is 1.70. The van der Waals surface area contributed by atoms with Crippen LogP contribution in [-0.4, -0.2) is 40.3 Å². The molecule has 0 aliphatic carbocycles. The van der Waals surface area contributed by atoms with Crippen molar-refractivity contribution in [1.82, 2.24) is 0 Å². The molecule has 0 heterocycles. The number of hydrogen-bond acceptors (Lipinski definition) is 6. The van der Waals surface area contributed by atoms with Gasteiger partial charge >= 0.3 is 5.97 Å². The van der Waals surface area contributed by atoms with Crippen molar-refractivity contribution in [2.75, 3.05) is 25.3 Å². The molecule has 3 rings (SSSR count). The van der Waals surface area contributed by atoms with Crippen LogP contribution in [0.1, 0.15) is 10.4 Å². The first-order valence-electron chi connectivity index (χ1n) is 8.62. The highest BCUT2D eigenvalue weighted by Crippen LogP contribution is 2.28. The van der Waals surface area contributed by atoms with Gasteiger partial charge in [-0.3, -0.25) is 4.79 Å². The number of benzene rings is 3. The Hall–Kier alpha value is -3.39. The molecule has 29 heavy (non-hydrogen) atoms. The predicted molar refractivity (Wildman–Crippen MR) is 109 cm³/mol. The van der Waals surface area contributed by atoms with E-state index in [0.717, 1.165) is 11.6 Å². The van der Waals surface area contributed by atoms with Crippen LogP contribution in [0.4, 0.5) is 5.69 Å². The summed E-state index contributed by atoms with van der Waals surface area (Å²) in [5.74, 6) is -0.605. The fourth-order valence-corrected chi connectivity index (χ4v) is 3.50. The molecule has 0 aromatic heterocycles. The first kappa shape index (κ1) is 20.3. The average Bonchev–Trinajstić information content (AvgIpc) is 2.70. The molecule has 0 spiro atoms. The van der Waals surface area contributed by atoms with Crippen LogP contribution in [0.25, 0.3) is 10.8 Å². The zero-order chi connectivity index (χ0) is 21.0.